The molecule has 0 aliphatic heterocycles. The van der Waals surface area contributed by atoms with E-state index in [4.69, 9.17) is 5.11 Å². The smallest absolute Gasteiger partial charge is 0.303 e. The third kappa shape index (κ3) is 3.08. The molecule has 0 bridgehead atoms. The van der Waals surface area contributed by atoms with Gasteiger partial charge in [0.25, 0.3) is 0 Å². The van der Waals surface area contributed by atoms with Gasteiger partial charge in [-0.15, -0.1) is 0 Å². The number of hydrogen-bond donors (Lipinski definition) is 1. The Morgan fingerprint density at radius 3 is 2.88 bits per heavy atom. The van der Waals surface area contributed by atoms with Crippen molar-refractivity contribution in [3.05, 3.63) is 17.7 Å². The predicted molar refractivity (Wildman–Crippen MR) is 65.0 cm³/mol. The molecule has 0 aromatic carbocycles. The molecular formula is C13H20N2O2. The van der Waals surface area contributed by atoms with Crippen LogP contribution >= 0.6 is 0 Å². The van der Waals surface area contributed by atoms with Crippen molar-refractivity contribution in [1.29, 1.82) is 0 Å². The number of carboxylic acids is 1. The summed E-state index contributed by atoms with van der Waals surface area (Å²) in [5.41, 5.74) is 1.20. The van der Waals surface area contributed by atoms with E-state index in [9.17, 15) is 4.79 Å². The van der Waals surface area contributed by atoms with E-state index in [0.29, 0.717) is 12.3 Å². The van der Waals surface area contributed by atoms with Crippen LogP contribution in [0, 0.1) is 0 Å². The summed E-state index contributed by atoms with van der Waals surface area (Å²) >= 11 is 0. The second kappa shape index (κ2) is 5.34. The van der Waals surface area contributed by atoms with E-state index in [1.165, 1.54) is 31.4 Å². The van der Waals surface area contributed by atoms with E-state index in [1.807, 2.05) is 7.05 Å². The van der Waals surface area contributed by atoms with Gasteiger partial charge in [-0.25, -0.2) is 4.98 Å². The van der Waals surface area contributed by atoms with Gasteiger partial charge in [0.2, 0.25) is 0 Å². The van der Waals surface area contributed by atoms with Gasteiger partial charge in [-0.2, -0.15) is 0 Å². The zero-order valence-electron chi connectivity index (χ0n) is 10.4. The van der Waals surface area contributed by atoms with Gasteiger partial charge in [0.05, 0.1) is 5.69 Å². The van der Waals surface area contributed by atoms with Gasteiger partial charge in [0.15, 0.2) is 0 Å². The van der Waals surface area contributed by atoms with Gasteiger partial charge < -0.3 is 9.67 Å². The highest BCUT2D eigenvalue weighted by atomic mass is 16.4. The number of aliphatic carboxylic acids is 1. The standard InChI is InChI=1S/C13H20N2O2/c1-15-9-11(10-5-2-3-6-10)14-12(15)7-4-8-13(16)17/h9-10H,2-8H2,1H3,(H,16,17). The molecule has 4 nitrogen and oxygen atoms in total. The molecule has 1 N–H and O–H groups in total. The number of carboxylic acid groups (broad SMARTS) is 1. The maximum atomic E-state index is 10.5. The lowest BCUT2D eigenvalue weighted by Gasteiger charge is -2.02. The Morgan fingerprint density at radius 2 is 2.24 bits per heavy atom. The Kier molecular flexibility index (Phi) is 3.82. The molecule has 2 rings (SSSR count). The minimum absolute atomic E-state index is 0.228. The first-order chi connectivity index (χ1) is 8.16. The van der Waals surface area contributed by atoms with Gasteiger partial charge in [-0.05, 0) is 19.3 Å². The summed E-state index contributed by atoms with van der Waals surface area (Å²) in [6.45, 7) is 0. The van der Waals surface area contributed by atoms with Crippen molar-refractivity contribution >= 4 is 5.97 Å². The van der Waals surface area contributed by atoms with Crippen molar-refractivity contribution in [2.75, 3.05) is 0 Å². The Hall–Kier alpha value is -1.32. The van der Waals surface area contributed by atoms with Gasteiger partial charge in [-0.3, -0.25) is 4.79 Å². The molecule has 0 saturated heterocycles. The SMILES string of the molecule is Cn1cc(C2CCCC2)nc1CCCC(=O)O. The minimum Gasteiger partial charge on any atom is -0.481 e. The minimum atomic E-state index is -0.727. The topological polar surface area (TPSA) is 55.1 Å². The van der Waals surface area contributed by atoms with E-state index in [-0.39, 0.29) is 6.42 Å². The van der Waals surface area contributed by atoms with E-state index >= 15 is 0 Å². The molecular weight excluding hydrogens is 216 g/mol. The van der Waals surface area contributed by atoms with Crippen LogP contribution < -0.4 is 0 Å². The third-order valence-corrected chi connectivity index (χ3v) is 3.56. The molecule has 1 aliphatic rings. The van der Waals surface area contributed by atoms with Crippen molar-refractivity contribution in [2.24, 2.45) is 7.05 Å². The largest absolute Gasteiger partial charge is 0.481 e. The first-order valence-corrected chi connectivity index (χ1v) is 6.40. The molecule has 0 amide bonds. The molecule has 4 heteroatoms. The number of carbonyl (C=O) groups is 1. The van der Waals surface area contributed by atoms with Gasteiger partial charge in [0, 0.05) is 32.0 Å². The number of nitrogens with zero attached hydrogens (tertiary/aromatic N) is 2. The summed E-state index contributed by atoms with van der Waals surface area (Å²) in [4.78, 5) is 15.1. The molecule has 1 heterocycles. The van der Waals surface area contributed by atoms with Crippen molar-refractivity contribution in [1.82, 2.24) is 9.55 Å². The van der Waals surface area contributed by atoms with Crippen LogP contribution in [-0.4, -0.2) is 20.6 Å². The summed E-state index contributed by atoms with van der Waals surface area (Å²) < 4.78 is 2.05. The van der Waals surface area contributed by atoms with Gasteiger partial charge in [-0.1, -0.05) is 12.8 Å². The third-order valence-electron chi connectivity index (χ3n) is 3.56. The molecule has 0 radical (unpaired) electrons. The first-order valence-electron chi connectivity index (χ1n) is 6.40. The highest BCUT2D eigenvalue weighted by molar-refractivity contribution is 5.66. The molecule has 1 saturated carbocycles. The van der Waals surface area contributed by atoms with E-state index < -0.39 is 5.97 Å². The fraction of sp³-hybridized carbons (Fsp3) is 0.692. The van der Waals surface area contributed by atoms with Crippen LogP contribution in [0.15, 0.2) is 6.20 Å². The second-order valence-electron chi connectivity index (χ2n) is 4.92. The lowest BCUT2D eigenvalue weighted by Crippen LogP contribution is -2.00. The first kappa shape index (κ1) is 12.1. The van der Waals surface area contributed by atoms with E-state index in [2.05, 4.69) is 15.7 Å². The number of rotatable bonds is 5. The molecule has 0 unspecified atom stereocenters. The molecule has 1 fully saturated rings. The van der Waals surface area contributed by atoms with Crippen molar-refractivity contribution in [3.63, 3.8) is 0 Å². The average molecular weight is 236 g/mol. The Balaban J connectivity index is 1.95. The van der Waals surface area contributed by atoms with Crippen LogP contribution in [-0.2, 0) is 18.3 Å². The average Bonchev–Trinajstić information content (AvgIpc) is 2.87. The predicted octanol–water partition coefficient (Wildman–Crippen LogP) is 2.49. The maximum Gasteiger partial charge on any atom is 0.303 e. The fourth-order valence-electron chi connectivity index (χ4n) is 2.58. The maximum absolute atomic E-state index is 10.5. The highest BCUT2D eigenvalue weighted by Gasteiger charge is 2.20. The molecule has 1 aromatic rings. The molecule has 0 atom stereocenters. The van der Waals surface area contributed by atoms with Crippen molar-refractivity contribution in [3.8, 4) is 0 Å². The Labute approximate surface area is 102 Å². The van der Waals surface area contributed by atoms with Gasteiger partial charge >= 0.3 is 5.97 Å². The van der Waals surface area contributed by atoms with Crippen LogP contribution in [0.2, 0.25) is 0 Å². The number of hydrogen-bond acceptors (Lipinski definition) is 2. The van der Waals surface area contributed by atoms with Gasteiger partial charge in [0.1, 0.15) is 5.82 Å². The highest BCUT2D eigenvalue weighted by Crippen LogP contribution is 2.33. The molecule has 1 aromatic heterocycles. The quantitative estimate of drug-likeness (QED) is 0.854. The van der Waals surface area contributed by atoms with E-state index in [0.717, 1.165) is 12.2 Å². The normalized spacial score (nSPS) is 16.5. The summed E-state index contributed by atoms with van der Waals surface area (Å²) in [6, 6.07) is 0. The fourth-order valence-corrected chi connectivity index (χ4v) is 2.58. The Morgan fingerprint density at radius 1 is 1.53 bits per heavy atom. The Bertz CT molecular complexity index is 392. The molecule has 94 valence electrons. The van der Waals surface area contributed by atoms with Crippen molar-refractivity contribution in [2.45, 2.75) is 50.9 Å². The number of imidazole rings is 1. The molecule has 17 heavy (non-hydrogen) atoms. The summed E-state index contributed by atoms with van der Waals surface area (Å²) in [6.07, 6.45) is 8.92. The lowest BCUT2D eigenvalue weighted by molar-refractivity contribution is -0.137. The van der Waals surface area contributed by atoms with Crippen LogP contribution in [0.25, 0.3) is 0 Å². The summed E-state index contributed by atoms with van der Waals surface area (Å²) in [5, 5.41) is 8.61. The number of aryl methyl sites for hydroxylation is 2. The second-order valence-corrected chi connectivity index (χ2v) is 4.92. The zero-order chi connectivity index (χ0) is 12.3. The van der Waals surface area contributed by atoms with E-state index in [1.54, 1.807) is 0 Å². The van der Waals surface area contributed by atoms with Crippen LogP contribution in [0.1, 0.15) is 56.0 Å². The van der Waals surface area contributed by atoms with Crippen LogP contribution in [0.5, 0.6) is 0 Å². The number of aromatic nitrogens is 2. The summed E-state index contributed by atoms with van der Waals surface area (Å²) in [5.74, 6) is 0.929. The molecule has 0 spiro atoms. The van der Waals surface area contributed by atoms with Crippen molar-refractivity contribution < 1.29 is 9.90 Å². The monoisotopic (exact) mass is 236 g/mol. The summed E-state index contributed by atoms with van der Waals surface area (Å²) in [7, 11) is 2.00. The molecule has 1 aliphatic carbocycles. The van der Waals surface area contributed by atoms with Crippen LogP contribution in [0.3, 0.4) is 0 Å². The lowest BCUT2D eigenvalue weighted by atomic mass is 10.1. The van der Waals surface area contributed by atoms with Crippen LogP contribution in [0.4, 0.5) is 0 Å². The zero-order valence-corrected chi connectivity index (χ0v) is 10.4.